The van der Waals surface area contributed by atoms with E-state index in [-0.39, 0.29) is 6.04 Å². The molecule has 2 rings (SSSR count). The summed E-state index contributed by atoms with van der Waals surface area (Å²) < 4.78 is 5.22. The van der Waals surface area contributed by atoms with Crippen LogP contribution in [0.3, 0.4) is 0 Å². The van der Waals surface area contributed by atoms with Gasteiger partial charge in [0.15, 0.2) is 0 Å². The van der Waals surface area contributed by atoms with E-state index in [0.29, 0.717) is 5.92 Å². The summed E-state index contributed by atoms with van der Waals surface area (Å²) in [5, 5.41) is 0.762. The highest BCUT2D eigenvalue weighted by molar-refractivity contribution is 6.30. The van der Waals surface area contributed by atoms with Crippen molar-refractivity contribution in [2.24, 2.45) is 11.7 Å². The molecule has 2 N–H and O–H groups in total. The molecule has 1 aromatic rings. The van der Waals surface area contributed by atoms with E-state index in [1.807, 2.05) is 24.3 Å². The highest BCUT2D eigenvalue weighted by atomic mass is 35.5. The molecule has 1 saturated heterocycles. The van der Waals surface area contributed by atoms with Crippen LogP contribution in [0.2, 0.25) is 5.02 Å². The summed E-state index contributed by atoms with van der Waals surface area (Å²) >= 11 is 5.88. The van der Waals surface area contributed by atoms with Crippen LogP contribution in [0, 0.1) is 5.92 Å². The fraction of sp³-hybridized carbons (Fsp3) is 0.600. The first-order chi connectivity index (χ1) is 9.19. The van der Waals surface area contributed by atoms with Gasteiger partial charge in [-0.2, -0.15) is 0 Å². The van der Waals surface area contributed by atoms with Crippen molar-refractivity contribution >= 4 is 11.6 Å². The van der Waals surface area contributed by atoms with E-state index in [1.54, 1.807) is 7.11 Å². The lowest BCUT2D eigenvalue weighted by Gasteiger charge is -2.19. The largest absolute Gasteiger partial charge is 0.384 e. The van der Waals surface area contributed by atoms with Gasteiger partial charge < -0.3 is 15.4 Å². The number of hydrogen-bond acceptors (Lipinski definition) is 3. The van der Waals surface area contributed by atoms with Gasteiger partial charge in [0.05, 0.1) is 6.61 Å². The predicted molar refractivity (Wildman–Crippen MR) is 79.4 cm³/mol. The molecular formula is C15H23ClN2O. The number of benzene rings is 1. The lowest BCUT2D eigenvalue weighted by Crippen LogP contribution is -2.26. The SMILES string of the molecule is COCC1CCN(CCC(N)c2ccc(Cl)cc2)C1. The third-order valence-corrected chi connectivity index (χ3v) is 4.08. The van der Waals surface area contributed by atoms with Gasteiger partial charge in [-0.3, -0.25) is 0 Å². The number of nitrogens with two attached hydrogens (primary N) is 1. The van der Waals surface area contributed by atoms with Crippen molar-refractivity contribution in [2.75, 3.05) is 33.4 Å². The van der Waals surface area contributed by atoms with Crippen molar-refractivity contribution in [1.82, 2.24) is 4.90 Å². The summed E-state index contributed by atoms with van der Waals surface area (Å²) in [7, 11) is 1.78. The van der Waals surface area contributed by atoms with E-state index in [9.17, 15) is 0 Å². The Kier molecular flexibility index (Phi) is 5.64. The fourth-order valence-electron chi connectivity index (χ4n) is 2.69. The van der Waals surface area contributed by atoms with Crippen molar-refractivity contribution in [3.8, 4) is 0 Å². The molecule has 0 spiro atoms. The van der Waals surface area contributed by atoms with Gasteiger partial charge in [-0.05, 0) is 49.5 Å². The first-order valence-electron chi connectivity index (χ1n) is 6.91. The van der Waals surface area contributed by atoms with Crippen LogP contribution in [-0.2, 0) is 4.74 Å². The summed E-state index contributed by atoms with van der Waals surface area (Å²) in [5.74, 6) is 0.691. The molecule has 1 heterocycles. The number of ether oxygens (including phenoxy) is 1. The van der Waals surface area contributed by atoms with Crippen molar-refractivity contribution < 1.29 is 4.74 Å². The van der Waals surface area contributed by atoms with E-state index in [4.69, 9.17) is 22.1 Å². The van der Waals surface area contributed by atoms with Crippen LogP contribution in [0.4, 0.5) is 0 Å². The second-order valence-electron chi connectivity index (χ2n) is 5.36. The van der Waals surface area contributed by atoms with E-state index in [2.05, 4.69) is 4.90 Å². The van der Waals surface area contributed by atoms with Crippen LogP contribution in [0.5, 0.6) is 0 Å². The van der Waals surface area contributed by atoms with Crippen molar-refractivity contribution in [2.45, 2.75) is 18.9 Å². The minimum absolute atomic E-state index is 0.0961. The van der Waals surface area contributed by atoms with Crippen LogP contribution in [-0.4, -0.2) is 38.3 Å². The van der Waals surface area contributed by atoms with Crippen LogP contribution in [0.15, 0.2) is 24.3 Å². The van der Waals surface area contributed by atoms with Crippen molar-refractivity contribution in [3.05, 3.63) is 34.9 Å². The Morgan fingerprint density at radius 3 is 2.84 bits per heavy atom. The zero-order valence-electron chi connectivity index (χ0n) is 11.5. The Hall–Kier alpha value is -0.610. The van der Waals surface area contributed by atoms with Crippen LogP contribution >= 0.6 is 11.6 Å². The average Bonchev–Trinajstić information content (AvgIpc) is 2.85. The Labute approximate surface area is 120 Å². The molecule has 3 nitrogen and oxygen atoms in total. The van der Waals surface area contributed by atoms with Gasteiger partial charge in [0.2, 0.25) is 0 Å². The van der Waals surface area contributed by atoms with Crippen LogP contribution < -0.4 is 5.73 Å². The topological polar surface area (TPSA) is 38.5 Å². The number of nitrogens with zero attached hydrogens (tertiary/aromatic N) is 1. The Balaban J connectivity index is 1.75. The lowest BCUT2D eigenvalue weighted by atomic mass is 10.0. The lowest BCUT2D eigenvalue weighted by molar-refractivity contribution is 0.153. The van der Waals surface area contributed by atoms with Gasteiger partial charge in [-0.25, -0.2) is 0 Å². The minimum atomic E-state index is 0.0961. The maximum Gasteiger partial charge on any atom is 0.0503 e. The third kappa shape index (κ3) is 4.46. The van der Waals surface area contributed by atoms with E-state index < -0.39 is 0 Å². The zero-order chi connectivity index (χ0) is 13.7. The van der Waals surface area contributed by atoms with Gasteiger partial charge in [0, 0.05) is 24.7 Å². The van der Waals surface area contributed by atoms with Gasteiger partial charge in [-0.15, -0.1) is 0 Å². The first-order valence-corrected chi connectivity index (χ1v) is 7.29. The average molecular weight is 283 g/mol. The van der Waals surface area contributed by atoms with Gasteiger partial charge in [0.1, 0.15) is 0 Å². The summed E-state index contributed by atoms with van der Waals surface area (Å²) in [4.78, 5) is 2.49. The summed E-state index contributed by atoms with van der Waals surface area (Å²) in [5.41, 5.74) is 7.39. The fourth-order valence-corrected chi connectivity index (χ4v) is 2.81. The second-order valence-corrected chi connectivity index (χ2v) is 5.79. The molecule has 106 valence electrons. The quantitative estimate of drug-likeness (QED) is 0.872. The Morgan fingerprint density at radius 2 is 2.16 bits per heavy atom. The summed E-state index contributed by atoms with van der Waals surface area (Å²) in [6, 6.07) is 7.94. The number of hydrogen-bond donors (Lipinski definition) is 1. The number of rotatable bonds is 6. The standard InChI is InChI=1S/C15H23ClN2O/c1-19-11-12-6-8-18(10-12)9-7-15(17)13-2-4-14(16)5-3-13/h2-5,12,15H,6-11,17H2,1H3. The molecule has 2 atom stereocenters. The van der Waals surface area contributed by atoms with Gasteiger partial charge in [0.25, 0.3) is 0 Å². The van der Waals surface area contributed by atoms with Gasteiger partial charge in [-0.1, -0.05) is 23.7 Å². The van der Waals surface area contributed by atoms with Gasteiger partial charge >= 0.3 is 0 Å². The van der Waals surface area contributed by atoms with Crippen LogP contribution in [0.25, 0.3) is 0 Å². The molecule has 0 saturated carbocycles. The molecule has 4 heteroatoms. The molecule has 1 aromatic carbocycles. The molecule has 0 radical (unpaired) electrons. The molecule has 1 aliphatic heterocycles. The summed E-state index contributed by atoms with van der Waals surface area (Å²) in [6.07, 6.45) is 2.23. The zero-order valence-corrected chi connectivity index (χ0v) is 12.3. The molecule has 0 amide bonds. The molecule has 19 heavy (non-hydrogen) atoms. The maximum atomic E-state index is 6.22. The van der Waals surface area contributed by atoms with Crippen molar-refractivity contribution in [3.63, 3.8) is 0 Å². The molecule has 2 unspecified atom stereocenters. The minimum Gasteiger partial charge on any atom is -0.384 e. The van der Waals surface area contributed by atoms with Crippen molar-refractivity contribution in [1.29, 1.82) is 0 Å². The Morgan fingerprint density at radius 1 is 1.42 bits per heavy atom. The molecule has 1 fully saturated rings. The summed E-state index contributed by atoms with van der Waals surface area (Å²) in [6.45, 7) is 4.24. The van der Waals surface area contributed by atoms with E-state index in [0.717, 1.165) is 36.7 Å². The predicted octanol–water partition coefficient (Wildman–Crippen LogP) is 2.70. The monoisotopic (exact) mass is 282 g/mol. The number of likely N-dealkylation sites (tertiary alicyclic amines) is 1. The second kappa shape index (κ2) is 7.25. The Bertz CT molecular complexity index is 382. The van der Waals surface area contributed by atoms with E-state index in [1.165, 1.54) is 13.0 Å². The van der Waals surface area contributed by atoms with E-state index >= 15 is 0 Å². The molecule has 0 aliphatic carbocycles. The maximum absolute atomic E-state index is 6.22. The highest BCUT2D eigenvalue weighted by Crippen LogP contribution is 2.20. The van der Waals surface area contributed by atoms with Crippen LogP contribution in [0.1, 0.15) is 24.4 Å². The number of halogens is 1. The first kappa shape index (κ1) is 14.8. The smallest absolute Gasteiger partial charge is 0.0503 e. The molecule has 0 bridgehead atoms. The molecular weight excluding hydrogens is 260 g/mol. The highest BCUT2D eigenvalue weighted by Gasteiger charge is 2.22. The molecule has 0 aromatic heterocycles. The number of methoxy groups -OCH3 is 1. The third-order valence-electron chi connectivity index (χ3n) is 3.83. The normalized spacial score (nSPS) is 21.7. The molecule has 1 aliphatic rings.